The topological polar surface area (TPSA) is 93.2 Å². The Morgan fingerprint density at radius 1 is 1.42 bits per heavy atom. The van der Waals surface area contributed by atoms with E-state index in [-0.39, 0.29) is 12.6 Å². The third kappa shape index (κ3) is 3.48. The van der Waals surface area contributed by atoms with Gasteiger partial charge in [0.1, 0.15) is 5.76 Å². The van der Waals surface area contributed by atoms with E-state index in [2.05, 4.69) is 15.6 Å². The number of carbonyl (C=O) groups is 1. The lowest BCUT2D eigenvalue weighted by Crippen LogP contribution is -2.28. The maximum Gasteiger partial charge on any atom is 0.319 e. The lowest BCUT2D eigenvalue weighted by Gasteiger charge is -2.06. The molecule has 0 saturated carbocycles. The van der Waals surface area contributed by atoms with Gasteiger partial charge >= 0.3 is 6.03 Å². The Kier molecular flexibility index (Phi) is 3.70. The zero-order valence-electron chi connectivity index (χ0n) is 10.9. The van der Waals surface area contributed by atoms with Crippen LogP contribution in [0.1, 0.15) is 17.3 Å². The van der Waals surface area contributed by atoms with Crippen LogP contribution in [0.4, 0.5) is 16.2 Å². The van der Waals surface area contributed by atoms with Crippen LogP contribution in [0, 0.1) is 13.8 Å². The number of carbonyl (C=O) groups excluding carboxylic acids is 1. The largest absolute Gasteiger partial charge is 0.444 e. The number of nitrogens with zero attached hydrogens (tertiary/aromatic N) is 1. The predicted molar refractivity (Wildman–Crippen MR) is 72.7 cm³/mol. The van der Waals surface area contributed by atoms with Crippen molar-refractivity contribution in [1.82, 2.24) is 10.3 Å². The van der Waals surface area contributed by atoms with Crippen molar-refractivity contribution >= 4 is 17.4 Å². The van der Waals surface area contributed by atoms with Gasteiger partial charge in [-0.05, 0) is 32.0 Å². The molecule has 0 aliphatic rings. The highest BCUT2D eigenvalue weighted by Gasteiger charge is 2.07. The minimum atomic E-state index is -0.334. The number of benzene rings is 1. The van der Waals surface area contributed by atoms with E-state index < -0.39 is 0 Å². The van der Waals surface area contributed by atoms with Crippen molar-refractivity contribution in [2.75, 3.05) is 11.1 Å². The Morgan fingerprint density at radius 3 is 2.84 bits per heavy atom. The van der Waals surface area contributed by atoms with Crippen molar-refractivity contribution in [2.24, 2.45) is 0 Å². The van der Waals surface area contributed by atoms with Gasteiger partial charge in [-0.2, -0.15) is 0 Å². The number of hydrogen-bond acceptors (Lipinski definition) is 4. The number of urea groups is 1. The summed E-state index contributed by atoms with van der Waals surface area (Å²) in [5.74, 6) is 1.24. The molecule has 2 aromatic rings. The van der Waals surface area contributed by atoms with E-state index in [4.69, 9.17) is 10.2 Å². The average molecular weight is 260 g/mol. The molecule has 2 rings (SSSR count). The van der Waals surface area contributed by atoms with Crippen LogP contribution < -0.4 is 16.4 Å². The number of anilines is 2. The number of oxazole rings is 1. The highest BCUT2D eigenvalue weighted by molar-refractivity contribution is 5.89. The molecule has 0 unspecified atom stereocenters. The quantitative estimate of drug-likeness (QED) is 0.737. The van der Waals surface area contributed by atoms with Crippen molar-refractivity contribution in [1.29, 1.82) is 0 Å². The van der Waals surface area contributed by atoms with Crippen molar-refractivity contribution in [2.45, 2.75) is 20.4 Å². The van der Waals surface area contributed by atoms with Gasteiger partial charge < -0.3 is 20.8 Å². The molecule has 6 heteroatoms. The van der Waals surface area contributed by atoms with E-state index in [1.807, 2.05) is 13.8 Å². The Morgan fingerprint density at radius 2 is 2.21 bits per heavy atom. The number of amides is 2. The van der Waals surface area contributed by atoms with Crippen molar-refractivity contribution in [3.05, 3.63) is 41.6 Å². The molecule has 0 saturated heterocycles. The summed E-state index contributed by atoms with van der Waals surface area (Å²) >= 11 is 0. The second-order valence-corrected chi connectivity index (χ2v) is 4.18. The lowest BCUT2D eigenvalue weighted by atomic mass is 10.3. The summed E-state index contributed by atoms with van der Waals surface area (Å²) in [6, 6.07) is 6.63. The first kappa shape index (κ1) is 12.9. The summed E-state index contributed by atoms with van der Waals surface area (Å²) in [5.41, 5.74) is 7.68. The fourth-order valence-corrected chi connectivity index (χ4v) is 1.56. The second-order valence-electron chi connectivity index (χ2n) is 4.18. The first-order chi connectivity index (χ1) is 9.04. The first-order valence-electron chi connectivity index (χ1n) is 5.88. The van der Waals surface area contributed by atoms with Gasteiger partial charge in [0.2, 0.25) is 5.89 Å². The maximum absolute atomic E-state index is 11.7. The fraction of sp³-hybridized carbons (Fsp3) is 0.231. The van der Waals surface area contributed by atoms with Crippen molar-refractivity contribution in [3.8, 4) is 0 Å². The molecule has 0 radical (unpaired) electrons. The number of nitrogens with two attached hydrogens (primary N) is 1. The van der Waals surface area contributed by atoms with Crippen LogP contribution in [-0.2, 0) is 6.54 Å². The van der Waals surface area contributed by atoms with Crippen LogP contribution >= 0.6 is 0 Å². The standard InChI is InChI=1S/C13H16N4O2/c1-8-9(2)19-12(16-8)7-15-13(18)17-11-5-3-4-10(14)6-11/h3-6H,7,14H2,1-2H3,(H2,15,17,18). The number of nitrogen functional groups attached to an aromatic ring is 1. The van der Waals surface area contributed by atoms with E-state index in [0.29, 0.717) is 17.3 Å². The molecule has 0 atom stereocenters. The molecule has 1 heterocycles. The van der Waals surface area contributed by atoms with Crippen molar-refractivity contribution in [3.63, 3.8) is 0 Å². The van der Waals surface area contributed by atoms with Gasteiger partial charge in [-0.3, -0.25) is 0 Å². The van der Waals surface area contributed by atoms with Crippen LogP contribution in [-0.4, -0.2) is 11.0 Å². The smallest absolute Gasteiger partial charge is 0.319 e. The molecule has 0 spiro atoms. The second kappa shape index (κ2) is 5.43. The molecule has 0 bridgehead atoms. The SMILES string of the molecule is Cc1nc(CNC(=O)Nc2cccc(N)c2)oc1C. The highest BCUT2D eigenvalue weighted by Crippen LogP contribution is 2.11. The summed E-state index contributed by atoms with van der Waals surface area (Å²) < 4.78 is 5.36. The van der Waals surface area contributed by atoms with Gasteiger partial charge in [0.05, 0.1) is 12.2 Å². The minimum Gasteiger partial charge on any atom is -0.444 e. The van der Waals surface area contributed by atoms with Gasteiger partial charge in [0, 0.05) is 11.4 Å². The number of rotatable bonds is 3. The molecule has 1 aromatic carbocycles. The molecule has 100 valence electrons. The lowest BCUT2D eigenvalue weighted by molar-refractivity contribution is 0.250. The summed E-state index contributed by atoms with van der Waals surface area (Å²) in [6.45, 7) is 3.93. The maximum atomic E-state index is 11.7. The Balaban J connectivity index is 1.88. The Bertz CT molecular complexity index is 573. The summed E-state index contributed by atoms with van der Waals surface area (Å²) in [6.07, 6.45) is 0. The molecule has 1 aromatic heterocycles. The van der Waals surface area contributed by atoms with Gasteiger partial charge in [0.25, 0.3) is 0 Å². The van der Waals surface area contributed by atoms with Gasteiger partial charge in [-0.1, -0.05) is 6.07 Å². The van der Waals surface area contributed by atoms with Gasteiger partial charge in [-0.25, -0.2) is 9.78 Å². The zero-order valence-corrected chi connectivity index (χ0v) is 10.9. The van der Waals surface area contributed by atoms with E-state index in [1.165, 1.54) is 0 Å². The third-order valence-corrected chi connectivity index (χ3v) is 2.62. The molecular formula is C13H16N4O2. The normalized spacial score (nSPS) is 10.2. The molecule has 0 fully saturated rings. The van der Waals surface area contributed by atoms with Crippen LogP contribution in [0.2, 0.25) is 0 Å². The average Bonchev–Trinajstić information content (AvgIpc) is 2.66. The molecule has 2 amide bonds. The predicted octanol–water partition coefficient (Wildman–Crippen LogP) is 2.20. The van der Waals surface area contributed by atoms with Crippen LogP contribution in [0.3, 0.4) is 0 Å². The van der Waals surface area contributed by atoms with Crippen molar-refractivity contribution < 1.29 is 9.21 Å². The fourth-order valence-electron chi connectivity index (χ4n) is 1.56. The molecule has 6 nitrogen and oxygen atoms in total. The summed E-state index contributed by atoms with van der Waals surface area (Å²) in [4.78, 5) is 15.8. The summed E-state index contributed by atoms with van der Waals surface area (Å²) in [5, 5.41) is 5.34. The minimum absolute atomic E-state index is 0.239. The monoisotopic (exact) mass is 260 g/mol. The molecule has 4 N–H and O–H groups in total. The molecule has 0 aliphatic carbocycles. The van der Waals surface area contributed by atoms with E-state index in [1.54, 1.807) is 24.3 Å². The molecular weight excluding hydrogens is 244 g/mol. The number of aromatic nitrogens is 1. The summed E-state index contributed by atoms with van der Waals surface area (Å²) in [7, 11) is 0. The van der Waals surface area contributed by atoms with E-state index >= 15 is 0 Å². The van der Waals surface area contributed by atoms with Crippen LogP contribution in [0.5, 0.6) is 0 Å². The first-order valence-corrected chi connectivity index (χ1v) is 5.88. The number of hydrogen-bond donors (Lipinski definition) is 3. The van der Waals surface area contributed by atoms with E-state index in [0.717, 1.165) is 11.5 Å². The molecule has 19 heavy (non-hydrogen) atoms. The Labute approximate surface area is 111 Å². The number of nitrogens with one attached hydrogen (secondary N) is 2. The van der Waals surface area contributed by atoms with Crippen LogP contribution in [0.25, 0.3) is 0 Å². The van der Waals surface area contributed by atoms with E-state index in [9.17, 15) is 4.79 Å². The van der Waals surface area contributed by atoms with Gasteiger partial charge in [-0.15, -0.1) is 0 Å². The highest BCUT2D eigenvalue weighted by atomic mass is 16.4. The zero-order chi connectivity index (χ0) is 13.8. The molecule has 0 aliphatic heterocycles. The number of aryl methyl sites for hydroxylation is 2. The van der Waals surface area contributed by atoms with Crippen LogP contribution in [0.15, 0.2) is 28.7 Å². The van der Waals surface area contributed by atoms with Gasteiger partial charge in [0.15, 0.2) is 0 Å². The Hall–Kier alpha value is -2.50. The third-order valence-electron chi connectivity index (χ3n) is 2.62.